The summed E-state index contributed by atoms with van der Waals surface area (Å²) in [5.74, 6) is -1.81. The number of benzene rings is 1. The number of hydrogen-bond acceptors (Lipinski definition) is 3. The summed E-state index contributed by atoms with van der Waals surface area (Å²) in [6.07, 6.45) is 0.671. The topological polar surface area (TPSA) is 33.1 Å². The Bertz CT molecular complexity index is 756. The molecule has 0 saturated heterocycles. The predicted molar refractivity (Wildman–Crippen MR) is 74.6 cm³/mol. The van der Waals surface area contributed by atoms with Crippen molar-refractivity contribution in [2.45, 2.75) is 12.5 Å². The summed E-state index contributed by atoms with van der Waals surface area (Å²) >= 11 is 1.52. The minimum absolute atomic E-state index is 0.0160. The standard InChI is InChI=1S/C15H11F2NOS/c16-11-3-1-2-9(15(11)17)6-13(19)10-7-14-12(18-8-10)4-5-20-14/h1-5,7-8,13,19H,6H2. The van der Waals surface area contributed by atoms with Crippen LogP contribution in [0.4, 0.5) is 8.78 Å². The second-order valence-electron chi connectivity index (χ2n) is 4.51. The van der Waals surface area contributed by atoms with Crippen LogP contribution in [0.25, 0.3) is 10.2 Å². The van der Waals surface area contributed by atoms with Crippen molar-refractivity contribution >= 4 is 21.6 Å². The maximum absolute atomic E-state index is 13.6. The van der Waals surface area contributed by atoms with E-state index in [2.05, 4.69) is 4.98 Å². The first-order valence-electron chi connectivity index (χ1n) is 6.09. The van der Waals surface area contributed by atoms with Crippen LogP contribution in [0.15, 0.2) is 41.9 Å². The van der Waals surface area contributed by atoms with Gasteiger partial charge in [0, 0.05) is 18.2 Å². The van der Waals surface area contributed by atoms with Gasteiger partial charge in [0.1, 0.15) is 0 Å². The van der Waals surface area contributed by atoms with E-state index in [0.717, 1.165) is 16.3 Å². The summed E-state index contributed by atoms with van der Waals surface area (Å²) in [4.78, 5) is 4.23. The fourth-order valence-corrected chi connectivity index (χ4v) is 2.87. The molecule has 0 aliphatic rings. The first kappa shape index (κ1) is 13.1. The Morgan fingerprint density at radius 2 is 2.10 bits per heavy atom. The van der Waals surface area contributed by atoms with E-state index in [1.54, 1.807) is 6.20 Å². The lowest BCUT2D eigenvalue weighted by Gasteiger charge is -2.11. The van der Waals surface area contributed by atoms with Crippen molar-refractivity contribution in [1.82, 2.24) is 4.98 Å². The maximum Gasteiger partial charge on any atom is 0.162 e. The molecular formula is C15H11F2NOS. The van der Waals surface area contributed by atoms with E-state index in [1.165, 1.54) is 23.5 Å². The highest BCUT2D eigenvalue weighted by molar-refractivity contribution is 7.17. The van der Waals surface area contributed by atoms with Crippen molar-refractivity contribution in [3.63, 3.8) is 0 Å². The molecule has 0 aliphatic carbocycles. The average Bonchev–Trinajstić information content (AvgIpc) is 2.91. The van der Waals surface area contributed by atoms with Crippen LogP contribution in [-0.4, -0.2) is 10.1 Å². The lowest BCUT2D eigenvalue weighted by Crippen LogP contribution is -2.05. The molecule has 0 spiro atoms. The lowest BCUT2D eigenvalue weighted by atomic mass is 10.0. The number of fused-ring (bicyclic) bond motifs is 1. The Balaban J connectivity index is 1.88. The molecule has 0 bridgehead atoms. The minimum atomic E-state index is -0.912. The van der Waals surface area contributed by atoms with Crippen LogP contribution >= 0.6 is 11.3 Å². The van der Waals surface area contributed by atoms with E-state index >= 15 is 0 Å². The monoisotopic (exact) mass is 291 g/mol. The Morgan fingerprint density at radius 3 is 2.95 bits per heavy atom. The Morgan fingerprint density at radius 1 is 1.25 bits per heavy atom. The molecule has 5 heteroatoms. The molecule has 102 valence electrons. The third-order valence-electron chi connectivity index (χ3n) is 3.15. The zero-order valence-corrected chi connectivity index (χ0v) is 11.2. The third kappa shape index (κ3) is 2.42. The van der Waals surface area contributed by atoms with Gasteiger partial charge in [0.15, 0.2) is 11.6 Å². The fraction of sp³-hybridized carbons (Fsp3) is 0.133. The first-order valence-corrected chi connectivity index (χ1v) is 6.97. The van der Waals surface area contributed by atoms with E-state index in [0.29, 0.717) is 5.56 Å². The van der Waals surface area contributed by atoms with Crippen molar-refractivity contribution < 1.29 is 13.9 Å². The SMILES string of the molecule is OC(Cc1cccc(F)c1F)c1cnc2ccsc2c1. The first-order chi connectivity index (χ1) is 9.65. The minimum Gasteiger partial charge on any atom is -0.388 e. The molecule has 2 nitrogen and oxygen atoms in total. The molecule has 1 atom stereocenters. The van der Waals surface area contributed by atoms with Crippen molar-refractivity contribution in [3.8, 4) is 0 Å². The number of halogens is 2. The zero-order chi connectivity index (χ0) is 14.1. The van der Waals surface area contributed by atoms with E-state index in [1.807, 2.05) is 17.5 Å². The van der Waals surface area contributed by atoms with Gasteiger partial charge in [-0.05, 0) is 29.1 Å². The highest BCUT2D eigenvalue weighted by Crippen LogP contribution is 2.25. The van der Waals surface area contributed by atoms with Gasteiger partial charge in [0.2, 0.25) is 0 Å². The fourth-order valence-electron chi connectivity index (χ4n) is 2.08. The van der Waals surface area contributed by atoms with Crippen molar-refractivity contribution in [2.75, 3.05) is 0 Å². The molecular weight excluding hydrogens is 280 g/mol. The van der Waals surface area contributed by atoms with Crippen LogP contribution in [0.3, 0.4) is 0 Å². The molecule has 1 N–H and O–H groups in total. The van der Waals surface area contributed by atoms with E-state index in [4.69, 9.17) is 0 Å². The van der Waals surface area contributed by atoms with Crippen LogP contribution in [0.1, 0.15) is 17.2 Å². The van der Waals surface area contributed by atoms with E-state index in [-0.39, 0.29) is 12.0 Å². The molecule has 1 unspecified atom stereocenters. The van der Waals surface area contributed by atoms with Crippen LogP contribution < -0.4 is 0 Å². The van der Waals surface area contributed by atoms with Crippen LogP contribution in [0, 0.1) is 11.6 Å². The molecule has 0 radical (unpaired) electrons. The summed E-state index contributed by atoms with van der Waals surface area (Å²) in [6.45, 7) is 0. The quantitative estimate of drug-likeness (QED) is 0.795. The largest absolute Gasteiger partial charge is 0.388 e. The van der Waals surface area contributed by atoms with Gasteiger partial charge in [-0.25, -0.2) is 8.78 Å². The molecule has 0 saturated carbocycles. The number of nitrogens with zero attached hydrogens (tertiary/aromatic N) is 1. The van der Waals surface area contributed by atoms with Gasteiger partial charge in [-0.15, -0.1) is 11.3 Å². The Labute approximate surface area is 118 Å². The van der Waals surface area contributed by atoms with Gasteiger partial charge < -0.3 is 5.11 Å². The smallest absolute Gasteiger partial charge is 0.162 e. The lowest BCUT2D eigenvalue weighted by molar-refractivity contribution is 0.176. The van der Waals surface area contributed by atoms with E-state index in [9.17, 15) is 13.9 Å². The normalized spacial score (nSPS) is 12.8. The zero-order valence-electron chi connectivity index (χ0n) is 10.4. The maximum atomic E-state index is 13.6. The van der Waals surface area contributed by atoms with Gasteiger partial charge in [0.05, 0.1) is 16.3 Å². The molecule has 0 amide bonds. The number of aliphatic hydroxyl groups is 1. The Hall–Kier alpha value is -1.85. The highest BCUT2D eigenvalue weighted by atomic mass is 32.1. The number of aliphatic hydroxyl groups excluding tert-OH is 1. The van der Waals surface area contributed by atoms with Crippen LogP contribution in [0.2, 0.25) is 0 Å². The van der Waals surface area contributed by atoms with Crippen molar-refractivity contribution in [3.05, 3.63) is 64.7 Å². The number of thiophene rings is 1. The second-order valence-corrected chi connectivity index (χ2v) is 5.45. The van der Waals surface area contributed by atoms with Crippen molar-refractivity contribution in [1.29, 1.82) is 0 Å². The summed E-state index contributed by atoms with van der Waals surface area (Å²) in [5.41, 5.74) is 1.62. The molecule has 1 aromatic carbocycles. The number of hydrogen-bond donors (Lipinski definition) is 1. The summed E-state index contributed by atoms with van der Waals surface area (Å²) in [6, 6.07) is 7.68. The second kappa shape index (κ2) is 5.26. The molecule has 3 rings (SSSR count). The predicted octanol–water partition coefficient (Wildman–Crippen LogP) is 3.85. The molecule has 2 heterocycles. The van der Waals surface area contributed by atoms with Gasteiger partial charge in [-0.3, -0.25) is 4.98 Å². The van der Waals surface area contributed by atoms with Gasteiger partial charge in [0.25, 0.3) is 0 Å². The number of aromatic nitrogens is 1. The van der Waals surface area contributed by atoms with Crippen LogP contribution in [0.5, 0.6) is 0 Å². The van der Waals surface area contributed by atoms with Gasteiger partial charge >= 0.3 is 0 Å². The van der Waals surface area contributed by atoms with Gasteiger partial charge in [-0.1, -0.05) is 12.1 Å². The average molecular weight is 291 g/mol. The van der Waals surface area contributed by atoms with Crippen LogP contribution in [-0.2, 0) is 6.42 Å². The summed E-state index contributed by atoms with van der Waals surface area (Å²) < 4.78 is 27.7. The van der Waals surface area contributed by atoms with Crippen molar-refractivity contribution in [2.24, 2.45) is 0 Å². The Kier molecular flexibility index (Phi) is 3.46. The molecule has 20 heavy (non-hydrogen) atoms. The molecule has 2 aromatic heterocycles. The van der Waals surface area contributed by atoms with Gasteiger partial charge in [-0.2, -0.15) is 0 Å². The molecule has 0 fully saturated rings. The third-order valence-corrected chi connectivity index (χ3v) is 4.01. The number of pyridine rings is 1. The number of rotatable bonds is 3. The highest BCUT2D eigenvalue weighted by Gasteiger charge is 2.15. The molecule has 0 aliphatic heterocycles. The summed E-state index contributed by atoms with van der Waals surface area (Å²) in [7, 11) is 0. The molecule has 3 aromatic rings. The van der Waals surface area contributed by atoms with E-state index < -0.39 is 17.7 Å². The summed E-state index contributed by atoms with van der Waals surface area (Å²) in [5, 5.41) is 12.1.